The van der Waals surface area contributed by atoms with Crippen molar-refractivity contribution in [1.82, 2.24) is 9.88 Å². The Kier molecular flexibility index (Phi) is 5.49. The fourth-order valence-electron chi connectivity index (χ4n) is 4.55. The average Bonchev–Trinajstić information content (AvgIpc) is 3.37. The van der Waals surface area contributed by atoms with Crippen LogP contribution >= 0.6 is 0 Å². The number of aliphatic hydroxyl groups is 1. The smallest absolute Gasteiger partial charge is 0.295 e. The molecule has 1 fully saturated rings. The molecule has 1 unspecified atom stereocenters. The molecule has 0 aliphatic carbocycles. The Morgan fingerprint density at radius 3 is 2.44 bits per heavy atom. The highest BCUT2D eigenvalue weighted by atomic mass is 19.1. The first-order valence-electron chi connectivity index (χ1n) is 11.1. The third-order valence-corrected chi connectivity index (χ3v) is 6.35. The molecule has 0 radical (unpaired) electrons. The maximum Gasteiger partial charge on any atom is 0.295 e. The number of nitrogens with one attached hydrogen (secondary N) is 1. The molecule has 3 aromatic carbocycles. The van der Waals surface area contributed by atoms with Crippen molar-refractivity contribution in [3.63, 3.8) is 0 Å². The van der Waals surface area contributed by atoms with Crippen LogP contribution in [-0.4, -0.2) is 33.2 Å². The molecule has 5 rings (SSSR count). The van der Waals surface area contributed by atoms with E-state index >= 15 is 0 Å². The van der Waals surface area contributed by atoms with Gasteiger partial charge >= 0.3 is 0 Å². The SMILES string of the molecule is Cc1ccc(/C(O)=C2\C(=O)C(=O)N(CCc3c[nH]c4ccccc34)C2c2ccc(F)cc2)cc1. The minimum atomic E-state index is -0.813. The summed E-state index contributed by atoms with van der Waals surface area (Å²) >= 11 is 0. The number of aliphatic hydroxyl groups excluding tert-OH is 1. The van der Waals surface area contributed by atoms with Gasteiger partial charge in [0.2, 0.25) is 0 Å². The Hall–Kier alpha value is -4.19. The summed E-state index contributed by atoms with van der Waals surface area (Å²) in [6.45, 7) is 2.19. The number of amides is 1. The van der Waals surface area contributed by atoms with Gasteiger partial charge in [-0.05, 0) is 42.7 Å². The molecule has 1 amide bonds. The number of H-pyrrole nitrogens is 1. The van der Waals surface area contributed by atoms with Crippen LogP contribution in [0.5, 0.6) is 0 Å². The third kappa shape index (κ3) is 3.77. The number of rotatable bonds is 5. The van der Waals surface area contributed by atoms with Crippen molar-refractivity contribution in [2.75, 3.05) is 6.54 Å². The van der Waals surface area contributed by atoms with E-state index in [1.165, 1.54) is 17.0 Å². The van der Waals surface area contributed by atoms with E-state index in [0.29, 0.717) is 17.5 Å². The lowest BCUT2D eigenvalue weighted by Gasteiger charge is -2.25. The summed E-state index contributed by atoms with van der Waals surface area (Å²) < 4.78 is 13.7. The first kappa shape index (κ1) is 21.6. The molecular weight excluding hydrogens is 431 g/mol. The Balaban J connectivity index is 1.56. The summed E-state index contributed by atoms with van der Waals surface area (Å²) in [6, 6.07) is 19.8. The van der Waals surface area contributed by atoms with Crippen LogP contribution in [0.1, 0.15) is 28.3 Å². The largest absolute Gasteiger partial charge is 0.507 e. The molecule has 6 heteroatoms. The van der Waals surface area contributed by atoms with Gasteiger partial charge < -0.3 is 15.0 Å². The Labute approximate surface area is 196 Å². The van der Waals surface area contributed by atoms with Crippen LogP contribution < -0.4 is 0 Å². The van der Waals surface area contributed by atoms with Crippen LogP contribution in [0.25, 0.3) is 16.7 Å². The van der Waals surface area contributed by atoms with Crippen LogP contribution in [0.3, 0.4) is 0 Å². The number of hydrogen-bond acceptors (Lipinski definition) is 3. The Morgan fingerprint density at radius 2 is 1.71 bits per heavy atom. The number of likely N-dealkylation sites (tertiary alicyclic amines) is 1. The van der Waals surface area contributed by atoms with Gasteiger partial charge in [0.05, 0.1) is 11.6 Å². The lowest BCUT2D eigenvalue weighted by Crippen LogP contribution is -2.31. The highest BCUT2D eigenvalue weighted by molar-refractivity contribution is 6.46. The number of para-hydroxylation sites is 1. The van der Waals surface area contributed by atoms with Crippen LogP contribution in [0, 0.1) is 12.7 Å². The van der Waals surface area contributed by atoms with E-state index in [1.807, 2.05) is 49.5 Å². The number of carbonyl (C=O) groups is 2. The first-order valence-corrected chi connectivity index (χ1v) is 11.1. The first-order chi connectivity index (χ1) is 16.4. The minimum absolute atomic E-state index is 0.0133. The summed E-state index contributed by atoms with van der Waals surface area (Å²) in [7, 11) is 0. The van der Waals surface area contributed by atoms with Gasteiger partial charge in [-0.1, -0.05) is 60.2 Å². The van der Waals surface area contributed by atoms with E-state index in [1.54, 1.807) is 24.3 Å². The van der Waals surface area contributed by atoms with Gasteiger partial charge in [0.15, 0.2) is 0 Å². The van der Waals surface area contributed by atoms with Gasteiger partial charge in [0.25, 0.3) is 11.7 Å². The third-order valence-electron chi connectivity index (χ3n) is 6.35. The number of halogens is 1. The summed E-state index contributed by atoms with van der Waals surface area (Å²) in [5.41, 5.74) is 4.05. The van der Waals surface area contributed by atoms with Crippen molar-refractivity contribution in [3.05, 3.63) is 113 Å². The molecular formula is C28H23FN2O3. The molecule has 2 N–H and O–H groups in total. The molecule has 1 atom stereocenters. The van der Waals surface area contributed by atoms with E-state index < -0.39 is 23.5 Å². The van der Waals surface area contributed by atoms with E-state index in [-0.39, 0.29) is 17.9 Å². The molecule has 0 bridgehead atoms. The summed E-state index contributed by atoms with van der Waals surface area (Å²) in [4.78, 5) is 31.0. The van der Waals surface area contributed by atoms with E-state index in [9.17, 15) is 19.1 Å². The standard InChI is InChI=1S/C28H23FN2O3/c1-17-6-8-19(9-7-17)26(32)24-25(18-10-12-21(29)13-11-18)31(28(34)27(24)33)15-14-20-16-30-23-5-3-2-4-22(20)23/h2-13,16,25,30,32H,14-15H2,1H3/b26-24+. The molecule has 0 saturated carbocycles. The average molecular weight is 455 g/mol. The number of carbonyl (C=O) groups excluding carboxylic acids is 2. The lowest BCUT2D eigenvalue weighted by atomic mass is 9.95. The molecule has 1 saturated heterocycles. The van der Waals surface area contributed by atoms with Crippen LogP contribution in [-0.2, 0) is 16.0 Å². The van der Waals surface area contributed by atoms with Crippen molar-refractivity contribution in [1.29, 1.82) is 0 Å². The van der Waals surface area contributed by atoms with Crippen LogP contribution in [0.15, 0.2) is 84.6 Å². The zero-order valence-corrected chi connectivity index (χ0v) is 18.6. The number of fused-ring (bicyclic) bond motifs is 1. The van der Waals surface area contributed by atoms with Gasteiger partial charge in [-0.3, -0.25) is 9.59 Å². The molecule has 170 valence electrons. The number of Topliss-reactive ketones (excluding diaryl/α,β-unsaturated/α-hetero) is 1. The predicted octanol–water partition coefficient (Wildman–Crippen LogP) is 5.28. The van der Waals surface area contributed by atoms with Crippen LogP contribution in [0.4, 0.5) is 4.39 Å². The molecule has 5 nitrogen and oxygen atoms in total. The van der Waals surface area contributed by atoms with Gasteiger partial charge in [0.1, 0.15) is 11.6 Å². The van der Waals surface area contributed by atoms with E-state index in [4.69, 9.17) is 0 Å². The summed E-state index contributed by atoms with van der Waals surface area (Å²) in [5.74, 6) is -2.07. The lowest BCUT2D eigenvalue weighted by molar-refractivity contribution is -0.139. The van der Waals surface area contributed by atoms with Crippen molar-refractivity contribution in [2.45, 2.75) is 19.4 Å². The number of aromatic nitrogens is 1. The highest BCUT2D eigenvalue weighted by Crippen LogP contribution is 2.39. The Morgan fingerprint density at radius 1 is 1.00 bits per heavy atom. The van der Waals surface area contributed by atoms with Crippen molar-refractivity contribution in [3.8, 4) is 0 Å². The van der Waals surface area contributed by atoms with E-state index in [0.717, 1.165) is 22.0 Å². The molecule has 0 spiro atoms. The van der Waals surface area contributed by atoms with Gasteiger partial charge in [-0.15, -0.1) is 0 Å². The van der Waals surface area contributed by atoms with Crippen LogP contribution in [0.2, 0.25) is 0 Å². The molecule has 1 aliphatic heterocycles. The minimum Gasteiger partial charge on any atom is -0.507 e. The maximum atomic E-state index is 13.7. The molecule has 2 heterocycles. The number of aromatic amines is 1. The fourth-order valence-corrected chi connectivity index (χ4v) is 4.55. The number of benzene rings is 3. The predicted molar refractivity (Wildman–Crippen MR) is 129 cm³/mol. The molecule has 1 aliphatic rings. The highest BCUT2D eigenvalue weighted by Gasteiger charge is 2.45. The quantitative estimate of drug-likeness (QED) is 0.245. The van der Waals surface area contributed by atoms with Crippen molar-refractivity contribution >= 4 is 28.4 Å². The fraction of sp³-hybridized carbons (Fsp3) is 0.143. The second-order valence-corrected chi connectivity index (χ2v) is 8.52. The maximum absolute atomic E-state index is 13.7. The van der Waals surface area contributed by atoms with Gasteiger partial charge in [-0.2, -0.15) is 0 Å². The normalized spacial score (nSPS) is 17.6. The molecule has 34 heavy (non-hydrogen) atoms. The monoisotopic (exact) mass is 454 g/mol. The topological polar surface area (TPSA) is 73.4 Å². The van der Waals surface area contributed by atoms with E-state index in [2.05, 4.69) is 4.98 Å². The second kappa shape index (κ2) is 8.63. The molecule has 4 aromatic rings. The van der Waals surface area contributed by atoms with Gasteiger partial charge in [0, 0.05) is 29.2 Å². The van der Waals surface area contributed by atoms with Crippen molar-refractivity contribution in [2.24, 2.45) is 0 Å². The molecule has 1 aromatic heterocycles. The second-order valence-electron chi connectivity index (χ2n) is 8.52. The van der Waals surface area contributed by atoms with Crippen molar-refractivity contribution < 1.29 is 19.1 Å². The summed E-state index contributed by atoms with van der Waals surface area (Å²) in [5, 5.41) is 12.2. The zero-order valence-electron chi connectivity index (χ0n) is 18.6. The number of nitrogens with zero attached hydrogens (tertiary/aromatic N) is 1. The Bertz CT molecular complexity index is 1420. The van der Waals surface area contributed by atoms with Gasteiger partial charge in [-0.25, -0.2) is 4.39 Å². The zero-order chi connectivity index (χ0) is 23.8. The number of hydrogen-bond donors (Lipinski definition) is 2. The number of aryl methyl sites for hydroxylation is 1. The number of ketones is 1. The summed E-state index contributed by atoms with van der Waals surface area (Å²) in [6.07, 6.45) is 2.42.